The van der Waals surface area contributed by atoms with Crippen LogP contribution in [0.25, 0.3) is 5.57 Å². The second kappa shape index (κ2) is 7.05. The van der Waals surface area contributed by atoms with Crippen LogP contribution in [0.15, 0.2) is 30.8 Å². The molecule has 0 fully saturated rings. The minimum atomic E-state index is -0.233. The lowest BCUT2D eigenvalue weighted by atomic mass is 10.1. The lowest BCUT2D eigenvalue weighted by Gasteiger charge is -2.15. The van der Waals surface area contributed by atoms with Crippen molar-refractivity contribution in [3.8, 4) is 12.3 Å². The predicted octanol–water partition coefficient (Wildman–Crippen LogP) is 2.83. The van der Waals surface area contributed by atoms with Crippen molar-refractivity contribution in [2.45, 2.75) is 0 Å². The van der Waals surface area contributed by atoms with Crippen molar-refractivity contribution in [1.29, 1.82) is 0 Å². The SMILES string of the molecule is C#CCN(C)CC(=C)c1ccc(F)cc1.Cl. The summed E-state index contributed by atoms with van der Waals surface area (Å²) >= 11 is 0. The molecule has 0 unspecified atom stereocenters. The van der Waals surface area contributed by atoms with Crippen molar-refractivity contribution in [2.75, 3.05) is 20.1 Å². The van der Waals surface area contributed by atoms with Crippen molar-refractivity contribution in [3.05, 3.63) is 42.2 Å². The van der Waals surface area contributed by atoms with Crippen LogP contribution in [0.3, 0.4) is 0 Å². The molecule has 86 valence electrons. The quantitative estimate of drug-likeness (QED) is 0.731. The Bertz CT molecular complexity index is 378. The highest BCUT2D eigenvalue weighted by Gasteiger charge is 2.02. The summed E-state index contributed by atoms with van der Waals surface area (Å²) in [5, 5.41) is 0. The van der Waals surface area contributed by atoms with Crippen LogP contribution in [-0.2, 0) is 0 Å². The maximum atomic E-state index is 12.7. The molecule has 0 radical (unpaired) electrons. The second-order valence-corrected chi connectivity index (χ2v) is 3.49. The summed E-state index contributed by atoms with van der Waals surface area (Å²) < 4.78 is 12.7. The Balaban J connectivity index is 0.00000225. The van der Waals surface area contributed by atoms with Gasteiger partial charge in [-0.3, -0.25) is 4.90 Å². The standard InChI is InChI=1S/C13H14FN.ClH/c1-4-9-15(3)10-11(2)12-5-7-13(14)8-6-12;/h1,5-8H,2,9-10H2,3H3;1H. The van der Waals surface area contributed by atoms with Crippen molar-refractivity contribution < 1.29 is 4.39 Å². The van der Waals surface area contributed by atoms with Crippen molar-refractivity contribution >= 4 is 18.0 Å². The van der Waals surface area contributed by atoms with Crippen LogP contribution in [0, 0.1) is 18.2 Å². The fraction of sp³-hybridized carbons (Fsp3) is 0.231. The fourth-order valence-corrected chi connectivity index (χ4v) is 1.31. The van der Waals surface area contributed by atoms with Gasteiger partial charge >= 0.3 is 0 Å². The number of halogens is 2. The second-order valence-electron chi connectivity index (χ2n) is 3.49. The summed E-state index contributed by atoms with van der Waals surface area (Å²) in [5.41, 5.74) is 1.88. The maximum absolute atomic E-state index is 12.7. The minimum absolute atomic E-state index is 0. The lowest BCUT2D eigenvalue weighted by Crippen LogP contribution is -2.20. The third-order valence-corrected chi connectivity index (χ3v) is 2.07. The van der Waals surface area contributed by atoms with E-state index in [-0.39, 0.29) is 18.2 Å². The average Bonchev–Trinajstić information content (AvgIpc) is 2.18. The average molecular weight is 240 g/mol. The molecule has 3 heteroatoms. The smallest absolute Gasteiger partial charge is 0.123 e. The van der Waals surface area contributed by atoms with E-state index in [1.54, 1.807) is 12.1 Å². The van der Waals surface area contributed by atoms with Gasteiger partial charge in [0.05, 0.1) is 6.54 Å². The monoisotopic (exact) mass is 239 g/mol. The molecule has 16 heavy (non-hydrogen) atoms. The van der Waals surface area contributed by atoms with Gasteiger partial charge < -0.3 is 0 Å². The molecule has 1 rings (SSSR count). The van der Waals surface area contributed by atoms with E-state index < -0.39 is 0 Å². The Morgan fingerprint density at radius 2 is 2.00 bits per heavy atom. The van der Waals surface area contributed by atoms with E-state index in [0.29, 0.717) is 13.1 Å². The molecule has 0 bridgehead atoms. The van der Waals surface area contributed by atoms with Gasteiger partial charge in [-0.2, -0.15) is 0 Å². The van der Waals surface area contributed by atoms with Gasteiger partial charge in [-0.15, -0.1) is 18.8 Å². The minimum Gasteiger partial charge on any atom is -0.291 e. The van der Waals surface area contributed by atoms with E-state index in [0.717, 1.165) is 11.1 Å². The largest absolute Gasteiger partial charge is 0.291 e. The van der Waals surface area contributed by atoms with E-state index in [9.17, 15) is 4.39 Å². The highest BCUT2D eigenvalue weighted by Crippen LogP contribution is 2.13. The number of terminal acetylenes is 1. The normalized spacial score (nSPS) is 9.38. The number of rotatable bonds is 4. The van der Waals surface area contributed by atoms with Gasteiger partial charge in [-0.05, 0) is 30.3 Å². The molecular formula is C13H15ClFN. The highest BCUT2D eigenvalue weighted by atomic mass is 35.5. The van der Waals surface area contributed by atoms with Gasteiger partial charge in [0, 0.05) is 6.54 Å². The van der Waals surface area contributed by atoms with Gasteiger partial charge in [-0.25, -0.2) is 4.39 Å². The summed E-state index contributed by atoms with van der Waals surface area (Å²) in [4.78, 5) is 1.98. The zero-order chi connectivity index (χ0) is 11.3. The third kappa shape index (κ3) is 4.48. The molecule has 1 nitrogen and oxygen atoms in total. The van der Waals surface area contributed by atoms with Gasteiger partial charge in [0.1, 0.15) is 5.82 Å². The van der Waals surface area contributed by atoms with E-state index in [1.807, 2.05) is 11.9 Å². The number of benzene rings is 1. The summed E-state index contributed by atoms with van der Waals surface area (Å²) in [6.45, 7) is 5.22. The predicted molar refractivity (Wildman–Crippen MR) is 69.0 cm³/mol. The summed E-state index contributed by atoms with van der Waals surface area (Å²) in [6, 6.07) is 6.31. The number of hydrogen-bond acceptors (Lipinski definition) is 1. The Hall–Kier alpha value is -1.30. The number of hydrogen-bond donors (Lipinski definition) is 0. The van der Waals surface area contributed by atoms with E-state index in [1.165, 1.54) is 12.1 Å². The van der Waals surface area contributed by atoms with Crippen molar-refractivity contribution in [2.24, 2.45) is 0 Å². The molecule has 0 N–H and O–H groups in total. The highest BCUT2D eigenvalue weighted by molar-refractivity contribution is 5.85. The Labute approximate surface area is 102 Å². The molecule has 0 aliphatic heterocycles. The van der Waals surface area contributed by atoms with Crippen LogP contribution in [0.5, 0.6) is 0 Å². The topological polar surface area (TPSA) is 3.24 Å². The van der Waals surface area contributed by atoms with E-state index in [4.69, 9.17) is 6.42 Å². The van der Waals surface area contributed by atoms with Crippen molar-refractivity contribution in [3.63, 3.8) is 0 Å². The van der Waals surface area contributed by atoms with Crippen LogP contribution in [0.2, 0.25) is 0 Å². The van der Waals surface area contributed by atoms with Crippen LogP contribution < -0.4 is 0 Å². The van der Waals surface area contributed by atoms with Crippen LogP contribution >= 0.6 is 12.4 Å². The van der Waals surface area contributed by atoms with Gasteiger partial charge in [-0.1, -0.05) is 24.6 Å². The first-order valence-corrected chi connectivity index (χ1v) is 4.69. The molecule has 0 aromatic heterocycles. The zero-order valence-electron chi connectivity index (χ0n) is 9.24. The van der Waals surface area contributed by atoms with Gasteiger partial charge in [0.2, 0.25) is 0 Å². The molecule has 0 spiro atoms. The summed E-state index contributed by atoms with van der Waals surface area (Å²) in [7, 11) is 1.93. The first-order chi connectivity index (χ1) is 7.13. The van der Waals surface area contributed by atoms with Gasteiger partial charge in [0.25, 0.3) is 0 Å². The van der Waals surface area contributed by atoms with Gasteiger partial charge in [0.15, 0.2) is 0 Å². The Morgan fingerprint density at radius 1 is 1.44 bits per heavy atom. The Morgan fingerprint density at radius 3 is 2.50 bits per heavy atom. The van der Waals surface area contributed by atoms with Crippen LogP contribution in [0.1, 0.15) is 5.56 Å². The van der Waals surface area contributed by atoms with Crippen LogP contribution in [-0.4, -0.2) is 25.0 Å². The van der Waals surface area contributed by atoms with E-state index >= 15 is 0 Å². The van der Waals surface area contributed by atoms with Crippen LogP contribution in [0.4, 0.5) is 4.39 Å². The molecule has 1 aromatic carbocycles. The number of nitrogens with zero attached hydrogens (tertiary/aromatic N) is 1. The molecule has 0 aliphatic carbocycles. The molecule has 0 saturated carbocycles. The fourth-order valence-electron chi connectivity index (χ4n) is 1.31. The molecule has 1 aromatic rings. The molecule has 0 saturated heterocycles. The molecular weight excluding hydrogens is 225 g/mol. The summed E-state index contributed by atoms with van der Waals surface area (Å²) in [6.07, 6.45) is 5.19. The molecule has 0 heterocycles. The first kappa shape index (κ1) is 14.7. The summed E-state index contributed by atoms with van der Waals surface area (Å²) in [5.74, 6) is 2.33. The van der Waals surface area contributed by atoms with E-state index in [2.05, 4.69) is 12.5 Å². The molecule has 0 atom stereocenters. The lowest BCUT2D eigenvalue weighted by molar-refractivity contribution is 0.425. The molecule has 0 amide bonds. The first-order valence-electron chi connectivity index (χ1n) is 4.69. The third-order valence-electron chi connectivity index (χ3n) is 2.07. The number of likely N-dealkylation sites (N-methyl/N-ethyl adjacent to an activating group) is 1. The maximum Gasteiger partial charge on any atom is 0.123 e. The Kier molecular flexibility index (Phi) is 6.48. The van der Waals surface area contributed by atoms with Crippen molar-refractivity contribution in [1.82, 2.24) is 4.90 Å². The zero-order valence-corrected chi connectivity index (χ0v) is 10.1. The molecule has 0 aliphatic rings.